The molecule has 2 aromatic rings. The number of benzene rings is 2. The Labute approximate surface area is 110 Å². The Morgan fingerprint density at radius 3 is 2.42 bits per heavy atom. The van der Waals surface area contributed by atoms with E-state index in [0.717, 1.165) is 0 Å². The van der Waals surface area contributed by atoms with E-state index >= 15 is 0 Å². The quantitative estimate of drug-likeness (QED) is 0.764. The van der Waals surface area contributed by atoms with Crippen LogP contribution in [0.5, 0.6) is 0 Å². The molecule has 4 heteroatoms. The van der Waals surface area contributed by atoms with Crippen molar-refractivity contribution in [2.24, 2.45) is 0 Å². The van der Waals surface area contributed by atoms with Gasteiger partial charge in [-0.1, -0.05) is 42.5 Å². The predicted octanol–water partition coefficient (Wildman–Crippen LogP) is 2.11. The van der Waals surface area contributed by atoms with Crippen molar-refractivity contribution < 1.29 is 9.59 Å². The summed E-state index contributed by atoms with van der Waals surface area (Å²) in [6, 6.07) is 16.1. The second kappa shape index (κ2) is 4.57. The Kier molecular flexibility index (Phi) is 2.76. The summed E-state index contributed by atoms with van der Waals surface area (Å²) in [5.41, 5.74) is 7.30. The Balaban J connectivity index is 2.09. The highest BCUT2D eigenvalue weighted by Gasteiger charge is 2.30. The van der Waals surface area contributed by atoms with Crippen molar-refractivity contribution in [1.82, 2.24) is 5.43 Å². The van der Waals surface area contributed by atoms with Gasteiger partial charge >= 0.3 is 0 Å². The number of nitrogens with one attached hydrogen (secondary N) is 2. The number of hydrogen-bond donors (Lipinski definition) is 2. The van der Waals surface area contributed by atoms with Crippen LogP contribution in [0.3, 0.4) is 0 Å². The Hall–Kier alpha value is -2.62. The van der Waals surface area contributed by atoms with Gasteiger partial charge in [0.25, 0.3) is 5.91 Å². The van der Waals surface area contributed by atoms with Crippen molar-refractivity contribution >= 4 is 17.4 Å². The number of rotatable bonds is 1. The van der Waals surface area contributed by atoms with E-state index in [1.54, 1.807) is 36.4 Å². The van der Waals surface area contributed by atoms with Crippen molar-refractivity contribution in [2.45, 2.75) is 5.92 Å². The first-order valence-corrected chi connectivity index (χ1v) is 6.01. The van der Waals surface area contributed by atoms with Crippen LogP contribution in [0.1, 0.15) is 21.8 Å². The lowest BCUT2D eigenvalue weighted by Gasteiger charge is -2.20. The maximum atomic E-state index is 12.5. The smallest absolute Gasteiger partial charge is 0.253 e. The van der Waals surface area contributed by atoms with Gasteiger partial charge in [0, 0.05) is 5.56 Å². The fourth-order valence-electron chi connectivity index (χ4n) is 2.19. The molecule has 1 atom stereocenters. The fraction of sp³-hybridized carbons (Fsp3) is 0.0667. The molecule has 94 valence electrons. The summed E-state index contributed by atoms with van der Waals surface area (Å²) in [4.78, 5) is 24.6. The average Bonchev–Trinajstić information content (AvgIpc) is 2.46. The molecule has 0 spiro atoms. The highest BCUT2D eigenvalue weighted by atomic mass is 16.2. The van der Waals surface area contributed by atoms with E-state index in [0.29, 0.717) is 16.8 Å². The van der Waals surface area contributed by atoms with Crippen LogP contribution in [0.15, 0.2) is 54.6 Å². The molecule has 0 radical (unpaired) electrons. The van der Waals surface area contributed by atoms with Gasteiger partial charge in [0.2, 0.25) is 0 Å². The van der Waals surface area contributed by atoms with E-state index < -0.39 is 5.92 Å². The molecule has 0 saturated heterocycles. The predicted molar refractivity (Wildman–Crippen MR) is 71.7 cm³/mol. The Morgan fingerprint density at radius 1 is 0.842 bits per heavy atom. The van der Waals surface area contributed by atoms with Gasteiger partial charge in [-0.15, -0.1) is 0 Å². The molecule has 0 fully saturated rings. The molecule has 2 N–H and O–H groups in total. The minimum atomic E-state index is -0.816. The van der Waals surface area contributed by atoms with E-state index in [-0.39, 0.29) is 11.7 Å². The minimum Gasteiger partial charge on any atom is -0.299 e. The van der Waals surface area contributed by atoms with Crippen LogP contribution in [0.2, 0.25) is 0 Å². The zero-order valence-corrected chi connectivity index (χ0v) is 10.1. The van der Waals surface area contributed by atoms with Gasteiger partial charge in [0.05, 0.1) is 5.69 Å². The number of anilines is 1. The number of carbonyl (C=O) groups is 2. The van der Waals surface area contributed by atoms with Gasteiger partial charge in [-0.25, -0.2) is 0 Å². The van der Waals surface area contributed by atoms with E-state index in [9.17, 15) is 9.59 Å². The summed E-state index contributed by atoms with van der Waals surface area (Å²) < 4.78 is 0. The lowest BCUT2D eigenvalue weighted by molar-refractivity contribution is -0.121. The highest BCUT2D eigenvalue weighted by Crippen LogP contribution is 2.24. The Morgan fingerprint density at radius 2 is 1.63 bits per heavy atom. The molecule has 0 aromatic heterocycles. The Bertz CT molecular complexity index is 638. The van der Waals surface area contributed by atoms with Crippen LogP contribution >= 0.6 is 0 Å². The number of Topliss-reactive ketones (excluding diaryl/α,β-unsaturated/α-hetero) is 1. The van der Waals surface area contributed by atoms with Crippen LogP contribution in [0.4, 0.5) is 5.69 Å². The SMILES string of the molecule is O=C1NNc2cccc(c2)C(=O)C1c1ccccc1. The molecule has 1 heterocycles. The van der Waals surface area contributed by atoms with Crippen molar-refractivity contribution in [1.29, 1.82) is 0 Å². The number of carbonyl (C=O) groups excluding carboxylic acids is 2. The molecule has 1 unspecified atom stereocenters. The van der Waals surface area contributed by atoms with E-state index in [4.69, 9.17) is 0 Å². The van der Waals surface area contributed by atoms with E-state index in [1.165, 1.54) is 0 Å². The molecule has 1 aliphatic rings. The van der Waals surface area contributed by atoms with Crippen molar-refractivity contribution in [3.05, 3.63) is 65.7 Å². The normalized spacial score (nSPS) is 18.0. The van der Waals surface area contributed by atoms with E-state index in [1.807, 2.05) is 18.2 Å². The zero-order valence-electron chi connectivity index (χ0n) is 10.1. The molecule has 0 aliphatic carbocycles. The summed E-state index contributed by atoms with van der Waals surface area (Å²) in [5, 5.41) is 0. The van der Waals surface area contributed by atoms with Gasteiger partial charge in [0.1, 0.15) is 5.92 Å². The van der Waals surface area contributed by atoms with Gasteiger partial charge in [0.15, 0.2) is 5.78 Å². The number of amides is 1. The van der Waals surface area contributed by atoms with Gasteiger partial charge < -0.3 is 0 Å². The maximum Gasteiger partial charge on any atom is 0.253 e. The summed E-state index contributed by atoms with van der Waals surface area (Å²) in [7, 11) is 0. The van der Waals surface area contributed by atoms with Crippen LogP contribution in [-0.4, -0.2) is 11.7 Å². The van der Waals surface area contributed by atoms with Crippen molar-refractivity contribution in [3.8, 4) is 0 Å². The lowest BCUT2D eigenvalue weighted by atomic mass is 9.89. The summed E-state index contributed by atoms with van der Waals surface area (Å²) in [5.74, 6) is -1.35. The summed E-state index contributed by atoms with van der Waals surface area (Å²) in [6.45, 7) is 0. The summed E-state index contributed by atoms with van der Waals surface area (Å²) in [6.07, 6.45) is 0. The lowest BCUT2D eigenvalue weighted by Crippen LogP contribution is -2.38. The van der Waals surface area contributed by atoms with Gasteiger partial charge in [-0.2, -0.15) is 0 Å². The number of fused-ring (bicyclic) bond motifs is 2. The monoisotopic (exact) mass is 252 g/mol. The van der Waals surface area contributed by atoms with Crippen LogP contribution in [0.25, 0.3) is 0 Å². The average molecular weight is 252 g/mol. The first-order chi connectivity index (χ1) is 9.25. The molecule has 2 aromatic carbocycles. The zero-order chi connectivity index (χ0) is 13.2. The van der Waals surface area contributed by atoms with Gasteiger partial charge in [-0.05, 0) is 17.7 Å². The largest absolute Gasteiger partial charge is 0.299 e. The third kappa shape index (κ3) is 2.08. The second-order valence-corrected chi connectivity index (χ2v) is 4.40. The number of hydrazine groups is 1. The molecule has 3 rings (SSSR count). The summed E-state index contributed by atoms with van der Waals surface area (Å²) >= 11 is 0. The van der Waals surface area contributed by atoms with Gasteiger partial charge in [-0.3, -0.25) is 20.4 Å². The molecular formula is C15H12N2O2. The molecule has 1 amide bonds. The molecule has 19 heavy (non-hydrogen) atoms. The number of ketones is 1. The molecule has 0 saturated carbocycles. The second-order valence-electron chi connectivity index (χ2n) is 4.40. The molecule has 2 bridgehead atoms. The standard InChI is InChI=1S/C15H12N2O2/c18-14-11-7-4-8-12(9-11)16-17-15(19)13(14)10-5-2-1-3-6-10/h1-9,13,16H,(H,17,19). The fourth-order valence-corrected chi connectivity index (χ4v) is 2.19. The molecule has 4 nitrogen and oxygen atoms in total. The third-order valence-electron chi connectivity index (χ3n) is 3.13. The van der Waals surface area contributed by atoms with Crippen molar-refractivity contribution in [3.63, 3.8) is 0 Å². The van der Waals surface area contributed by atoms with Crippen LogP contribution in [0, 0.1) is 0 Å². The first kappa shape index (κ1) is 11.5. The highest BCUT2D eigenvalue weighted by molar-refractivity contribution is 6.15. The topological polar surface area (TPSA) is 58.2 Å². The molecule has 1 aliphatic heterocycles. The van der Waals surface area contributed by atoms with E-state index in [2.05, 4.69) is 10.9 Å². The first-order valence-electron chi connectivity index (χ1n) is 6.01. The third-order valence-corrected chi connectivity index (χ3v) is 3.13. The minimum absolute atomic E-state index is 0.188. The van der Waals surface area contributed by atoms with Crippen LogP contribution < -0.4 is 10.9 Å². The van der Waals surface area contributed by atoms with Crippen LogP contribution in [-0.2, 0) is 4.79 Å². The number of hydrogen-bond acceptors (Lipinski definition) is 3. The van der Waals surface area contributed by atoms with Crippen molar-refractivity contribution in [2.75, 3.05) is 5.43 Å². The maximum absolute atomic E-state index is 12.5. The molecular weight excluding hydrogens is 240 g/mol.